The van der Waals surface area contributed by atoms with Crippen LogP contribution >= 0.6 is 23.4 Å². The van der Waals surface area contributed by atoms with Crippen molar-refractivity contribution in [2.24, 2.45) is 0 Å². The maximum absolute atomic E-state index is 13.4. The first kappa shape index (κ1) is 22.9. The molecular formula is C25H25ClN2O2S. The van der Waals surface area contributed by atoms with Gasteiger partial charge >= 0.3 is 0 Å². The number of carbonyl (C=O) groups is 2. The van der Waals surface area contributed by atoms with Crippen LogP contribution in [0.15, 0.2) is 89.8 Å². The Balaban J connectivity index is 1.88. The summed E-state index contributed by atoms with van der Waals surface area (Å²) < 4.78 is 0. The second kappa shape index (κ2) is 11.6. The smallest absolute Gasteiger partial charge is 0.242 e. The zero-order chi connectivity index (χ0) is 22.1. The van der Waals surface area contributed by atoms with Gasteiger partial charge in [-0.2, -0.15) is 0 Å². The molecule has 0 aliphatic carbocycles. The minimum Gasteiger partial charge on any atom is -0.357 e. The van der Waals surface area contributed by atoms with E-state index >= 15 is 0 Å². The lowest BCUT2D eigenvalue weighted by Crippen LogP contribution is -2.50. The van der Waals surface area contributed by atoms with Crippen molar-refractivity contribution in [2.75, 3.05) is 12.8 Å². The number of rotatable bonds is 9. The van der Waals surface area contributed by atoms with Crippen LogP contribution in [0.3, 0.4) is 0 Å². The number of halogens is 1. The number of nitrogens with one attached hydrogen (secondary N) is 1. The molecule has 0 spiro atoms. The third-order valence-electron chi connectivity index (χ3n) is 4.92. The molecule has 1 atom stereocenters. The highest BCUT2D eigenvalue weighted by Gasteiger charge is 2.30. The number of hydrogen-bond donors (Lipinski definition) is 1. The lowest BCUT2D eigenvalue weighted by molar-refractivity contribution is -0.139. The maximum Gasteiger partial charge on any atom is 0.242 e. The van der Waals surface area contributed by atoms with E-state index in [1.807, 2.05) is 78.9 Å². The van der Waals surface area contributed by atoms with Gasteiger partial charge in [0.05, 0.1) is 5.75 Å². The number of thioether (sulfide) groups is 1. The van der Waals surface area contributed by atoms with E-state index in [0.29, 0.717) is 11.4 Å². The average molecular weight is 453 g/mol. The molecule has 4 nitrogen and oxygen atoms in total. The van der Waals surface area contributed by atoms with E-state index in [0.717, 1.165) is 16.0 Å². The Morgan fingerprint density at radius 1 is 0.935 bits per heavy atom. The molecule has 0 saturated heterocycles. The molecule has 0 heterocycles. The highest BCUT2D eigenvalue weighted by Crippen LogP contribution is 2.23. The minimum absolute atomic E-state index is 0.113. The quantitative estimate of drug-likeness (QED) is 0.473. The van der Waals surface area contributed by atoms with Crippen LogP contribution in [0.2, 0.25) is 5.02 Å². The number of hydrogen-bond acceptors (Lipinski definition) is 3. The summed E-state index contributed by atoms with van der Waals surface area (Å²) in [6.45, 7) is 0.263. The van der Waals surface area contributed by atoms with Gasteiger partial charge in [0, 0.05) is 29.9 Å². The molecule has 0 unspecified atom stereocenters. The van der Waals surface area contributed by atoms with Crippen molar-refractivity contribution in [1.29, 1.82) is 0 Å². The predicted molar refractivity (Wildman–Crippen MR) is 127 cm³/mol. The van der Waals surface area contributed by atoms with Crippen molar-refractivity contribution >= 4 is 35.2 Å². The van der Waals surface area contributed by atoms with Crippen LogP contribution in [0.1, 0.15) is 11.1 Å². The fraction of sp³-hybridized carbons (Fsp3) is 0.200. The SMILES string of the molecule is CNC(=O)[C@H](Cc1ccccc1)N(Cc1ccccc1Cl)C(=O)CSc1ccccc1. The first-order valence-corrected chi connectivity index (χ1v) is 11.4. The lowest BCUT2D eigenvalue weighted by Gasteiger charge is -2.31. The van der Waals surface area contributed by atoms with Gasteiger partial charge in [0.25, 0.3) is 0 Å². The summed E-state index contributed by atoms with van der Waals surface area (Å²) in [7, 11) is 1.59. The Kier molecular flexibility index (Phi) is 8.56. The zero-order valence-corrected chi connectivity index (χ0v) is 18.9. The fourth-order valence-electron chi connectivity index (χ4n) is 3.28. The Labute approximate surface area is 192 Å². The Morgan fingerprint density at radius 2 is 1.55 bits per heavy atom. The average Bonchev–Trinajstić information content (AvgIpc) is 2.81. The first-order chi connectivity index (χ1) is 15.1. The molecule has 3 aromatic carbocycles. The monoisotopic (exact) mass is 452 g/mol. The van der Waals surface area contributed by atoms with E-state index in [1.165, 1.54) is 11.8 Å². The van der Waals surface area contributed by atoms with Crippen molar-refractivity contribution in [3.05, 3.63) is 101 Å². The van der Waals surface area contributed by atoms with Crippen molar-refractivity contribution in [3.63, 3.8) is 0 Å². The molecule has 3 rings (SSSR count). The van der Waals surface area contributed by atoms with E-state index in [-0.39, 0.29) is 24.1 Å². The van der Waals surface area contributed by atoms with Gasteiger partial charge in [-0.15, -0.1) is 11.8 Å². The van der Waals surface area contributed by atoms with Crippen molar-refractivity contribution in [1.82, 2.24) is 10.2 Å². The van der Waals surface area contributed by atoms with Crippen LogP contribution in [-0.4, -0.2) is 35.6 Å². The molecular weight excluding hydrogens is 428 g/mol. The van der Waals surface area contributed by atoms with Crippen molar-refractivity contribution < 1.29 is 9.59 Å². The predicted octanol–water partition coefficient (Wildman–Crippen LogP) is 4.82. The van der Waals surface area contributed by atoms with Gasteiger partial charge in [-0.3, -0.25) is 9.59 Å². The van der Waals surface area contributed by atoms with Crippen molar-refractivity contribution in [3.8, 4) is 0 Å². The minimum atomic E-state index is -0.646. The molecule has 1 N–H and O–H groups in total. The highest BCUT2D eigenvalue weighted by atomic mass is 35.5. The topological polar surface area (TPSA) is 49.4 Å². The third kappa shape index (κ3) is 6.61. The summed E-state index contributed by atoms with van der Waals surface area (Å²) >= 11 is 7.84. The van der Waals surface area contributed by atoms with Gasteiger partial charge in [-0.05, 0) is 29.3 Å². The molecule has 0 aliphatic heterocycles. The second-order valence-electron chi connectivity index (χ2n) is 7.03. The molecule has 6 heteroatoms. The number of carbonyl (C=O) groups excluding carboxylic acids is 2. The molecule has 2 amide bonds. The highest BCUT2D eigenvalue weighted by molar-refractivity contribution is 8.00. The lowest BCUT2D eigenvalue weighted by atomic mass is 10.0. The van der Waals surface area contributed by atoms with Gasteiger partial charge in [-0.1, -0.05) is 78.3 Å². The summed E-state index contributed by atoms with van der Waals surface area (Å²) in [5, 5.41) is 3.30. The van der Waals surface area contributed by atoms with Crippen LogP contribution in [0.25, 0.3) is 0 Å². The van der Waals surface area contributed by atoms with Crippen LogP contribution in [0, 0.1) is 0 Å². The summed E-state index contributed by atoms with van der Waals surface area (Å²) in [5.41, 5.74) is 1.80. The summed E-state index contributed by atoms with van der Waals surface area (Å²) in [5.74, 6) is -0.0798. The van der Waals surface area contributed by atoms with E-state index in [9.17, 15) is 9.59 Å². The fourth-order valence-corrected chi connectivity index (χ4v) is 4.28. The molecule has 160 valence electrons. The maximum atomic E-state index is 13.4. The third-order valence-corrected chi connectivity index (χ3v) is 6.29. The summed E-state index contributed by atoms with van der Waals surface area (Å²) in [6.07, 6.45) is 0.423. The summed E-state index contributed by atoms with van der Waals surface area (Å²) in [4.78, 5) is 28.9. The standard InChI is InChI=1S/C25H25ClN2O2S/c1-27-25(30)23(16-19-10-4-2-5-11-19)28(17-20-12-8-9-15-22(20)26)24(29)18-31-21-13-6-3-7-14-21/h2-15,23H,16-18H2,1H3,(H,27,30)/t23-/m0/s1. The van der Waals surface area contributed by atoms with E-state index in [2.05, 4.69) is 5.32 Å². The van der Waals surface area contributed by atoms with Crippen LogP contribution in [0.5, 0.6) is 0 Å². The van der Waals surface area contributed by atoms with Crippen molar-refractivity contribution in [2.45, 2.75) is 23.9 Å². The van der Waals surface area contributed by atoms with Gasteiger partial charge in [-0.25, -0.2) is 0 Å². The number of benzene rings is 3. The second-order valence-corrected chi connectivity index (χ2v) is 8.49. The molecule has 0 saturated carbocycles. The molecule has 0 aromatic heterocycles. The van der Waals surface area contributed by atoms with E-state index in [1.54, 1.807) is 18.0 Å². The van der Waals surface area contributed by atoms with Gasteiger partial charge in [0.2, 0.25) is 11.8 Å². The largest absolute Gasteiger partial charge is 0.357 e. The van der Waals surface area contributed by atoms with Gasteiger partial charge < -0.3 is 10.2 Å². The molecule has 0 fully saturated rings. The van der Waals surface area contributed by atoms with E-state index in [4.69, 9.17) is 11.6 Å². The Hall–Kier alpha value is -2.76. The number of amides is 2. The first-order valence-electron chi connectivity index (χ1n) is 10.0. The molecule has 0 aliphatic rings. The Morgan fingerprint density at radius 3 is 2.19 bits per heavy atom. The Bertz CT molecular complexity index is 999. The van der Waals surface area contributed by atoms with Crippen LogP contribution in [-0.2, 0) is 22.6 Å². The van der Waals surface area contributed by atoms with Crippen LogP contribution < -0.4 is 5.32 Å². The summed E-state index contributed by atoms with van der Waals surface area (Å²) in [6, 6.07) is 26.3. The molecule has 31 heavy (non-hydrogen) atoms. The molecule has 3 aromatic rings. The molecule has 0 radical (unpaired) electrons. The van der Waals surface area contributed by atoms with Gasteiger partial charge in [0.1, 0.15) is 6.04 Å². The van der Waals surface area contributed by atoms with Gasteiger partial charge in [0.15, 0.2) is 0 Å². The van der Waals surface area contributed by atoms with E-state index < -0.39 is 6.04 Å². The zero-order valence-electron chi connectivity index (χ0n) is 17.3. The number of nitrogens with zero attached hydrogens (tertiary/aromatic N) is 1. The molecule has 0 bridgehead atoms. The number of likely N-dealkylation sites (N-methyl/N-ethyl adjacent to an activating group) is 1. The van der Waals surface area contributed by atoms with Crippen LogP contribution in [0.4, 0.5) is 0 Å². The normalized spacial score (nSPS) is 11.5.